The van der Waals surface area contributed by atoms with Crippen molar-refractivity contribution in [3.63, 3.8) is 0 Å². The first-order valence-corrected chi connectivity index (χ1v) is 6.30. The Morgan fingerprint density at radius 1 is 1.06 bits per heavy atom. The molecule has 1 aromatic carbocycles. The highest BCUT2D eigenvalue weighted by molar-refractivity contribution is 6.30. The first kappa shape index (κ1) is 10.9. The molecule has 0 fully saturated rings. The van der Waals surface area contributed by atoms with Gasteiger partial charge >= 0.3 is 0 Å². The van der Waals surface area contributed by atoms with Crippen molar-refractivity contribution >= 4 is 11.6 Å². The summed E-state index contributed by atoms with van der Waals surface area (Å²) in [5, 5.41) is 0.807. The van der Waals surface area contributed by atoms with Gasteiger partial charge in [-0.15, -0.1) is 0 Å². The summed E-state index contributed by atoms with van der Waals surface area (Å²) in [4.78, 5) is 2.47. The molecule has 0 spiro atoms. The smallest absolute Gasteiger partial charge is 0.0406 e. The molecule has 0 amide bonds. The van der Waals surface area contributed by atoms with Gasteiger partial charge in [-0.3, -0.25) is 4.90 Å². The minimum Gasteiger partial charge on any atom is -0.349 e. The Kier molecular flexibility index (Phi) is 2.91. The second-order valence-corrected chi connectivity index (χ2v) is 4.97. The van der Waals surface area contributed by atoms with E-state index in [1.54, 1.807) is 0 Å². The van der Waals surface area contributed by atoms with Crippen molar-refractivity contribution in [1.82, 2.24) is 9.47 Å². The maximum Gasteiger partial charge on any atom is 0.0406 e. The normalized spacial score (nSPS) is 15.8. The van der Waals surface area contributed by atoms with Gasteiger partial charge in [-0.25, -0.2) is 0 Å². The molecular weight excluding hydrogens is 232 g/mol. The van der Waals surface area contributed by atoms with Crippen LogP contribution in [0.15, 0.2) is 42.6 Å². The summed E-state index contributed by atoms with van der Waals surface area (Å²) in [6, 6.07) is 12.5. The van der Waals surface area contributed by atoms with Gasteiger partial charge in [-0.2, -0.15) is 0 Å². The van der Waals surface area contributed by atoms with Crippen molar-refractivity contribution in [2.75, 3.05) is 6.54 Å². The van der Waals surface area contributed by atoms with Crippen molar-refractivity contribution in [1.29, 1.82) is 0 Å². The predicted molar refractivity (Wildman–Crippen MR) is 70.0 cm³/mol. The maximum absolute atomic E-state index is 5.89. The van der Waals surface area contributed by atoms with Crippen LogP contribution in [-0.4, -0.2) is 16.0 Å². The van der Waals surface area contributed by atoms with E-state index in [1.165, 1.54) is 11.3 Å². The molecule has 0 saturated heterocycles. The van der Waals surface area contributed by atoms with Crippen molar-refractivity contribution in [3.8, 4) is 0 Å². The lowest BCUT2D eigenvalue weighted by Crippen LogP contribution is -2.32. The maximum atomic E-state index is 5.89. The van der Waals surface area contributed by atoms with Gasteiger partial charge < -0.3 is 4.57 Å². The van der Waals surface area contributed by atoms with Crippen molar-refractivity contribution in [2.45, 2.75) is 19.6 Å². The highest BCUT2D eigenvalue weighted by atomic mass is 35.5. The molecule has 1 aliphatic heterocycles. The van der Waals surface area contributed by atoms with E-state index in [2.05, 4.69) is 39.9 Å². The quantitative estimate of drug-likeness (QED) is 0.790. The molecule has 2 heterocycles. The van der Waals surface area contributed by atoms with Crippen LogP contribution in [0.2, 0.25) is 5.02 Å². The summed E-state index contributed by atoms with van der Waals surface area (Å²) in [6.07, 6.45) is 2.16. The predicted octanol–water partition coefficient (Wildman–Crippen LogP) is 3.16. The Balaban J connectivity index is 1.69. The van der Waals surface area contributed by atoms with Gasteiger partial charge in [0.05, 0.1) is 0 Å². The van der Waals surface area contributed by atoms with Gasteiger partial charge in [0.2, 0.25) is 0 Å². The molecule has 17 heavy (non-hydrogen) atoms. The Morgan fingerprint density at radius 2 is 1.88 bits per heavy atom. The Hall–Kier alpha value is -1.25. The minimum atomic E-state index is 0.807. The van der Waals surface area contributed by atoms with E-state index >= 15 is 0 Å². The van der Waals surface area contributed by atoms with Gasteiger partial charge in [0.25, 0.3) is 0 Å². The molecule has 0 unspecified atom stereocenters. The molecule has 0 bridgehead atoms. The third-order valence-electron chi connectivity index (χ3n) is 3.29. The topological polar surface area (TPSA) is 8.17 Å². The lowest BCUT2D eigenvalue weighted by atomic mass is 10.2. The number of rotatable bonds is 2. The number of fused-ring (bicyclic) bond motifs is 1. The van der Waals surface area contributed by atoms with E-state index in [4.69, 9.17) is 11.6 Å². The number of halogens is 1. The second kappa shape index (κ2) is 4.55. The molecule has 0 radical (unpaired) electrons. The van der Waals surface area contributed by atoms with Crippen LogP contribution < -0.4 is 0 Å². The number of benzene rings is 1. The van der Waals surface area contributed by atoms with Gasteiger partial charge in [-0.05, 0) is 29.8 Å². The summed E-state index contributed by atoms with van der Waals surface area (Å²) in [7, 11) is 0. The van der Waals surface area contributed by atoms with E-state index < -0.39 is 0 Å². The highest BCUT2D eigenvalue weighted by Crippen LogP contribution is 2.17. The fraction of sp³-hybridized carbons (Fsp3) is 0.286. The Bertz CT molecular complexity index is 501. The van der Waals surface area contributed by atoms with E-state index in [-0.39, 0.29) is 0 Å². The molecule has 1 aromatic heterocycles. The average molecular weight is 247 g/mol. The Labute approximate surface area is 106 Å². The monoisotopic (exact) mass is 246 g/mol. The standard InChI is InChI=1S/C14H15ClN2/c15-13-5-3-12(4-6-13)10-16-8-9-17-7-1-2-14(17)11-16/h1-7H,8-11H2. The van der Waals surface area contributed by atoms with E-state index in [9.17, 15) is 0 Å². The number of aromatic nitrogens is 1. The first-order chi connectivity index (χ1) is 8.31. The SMILES string of the molecule is Clc1ccc(CN2CCn3cccc3C2)cc1. The van der Waals surface area contributed by atoms with E-state index in [1.807, 2.05) is 12.1 Å². The van der Waals surface area contributed by atoms with Crippen LogP contribution in [0, 0.1) is 0 Å². The number of hydrogen-bond acceptors (Lipinski definition) is 1. The molecular formula is C14H15ClN2. The van der Waals surface area contributed by atoms with Crippen LogP contribution in [0.4, 0.5) is 0 Å². The van der Waals surface area contributed by atoms with Crippen LogP contribution in [0.25, 0.3) is 0 Å². The largest absolute Gasteiger partial charge is 0.349 e. The van der Waals surface area contributed by atoms with Crippen LogP contribution in [-0.2, 0) is 19.6 Å². The minimum absolute atomic E-state index is 0.807. The van der Waals surface area contributed by atoms with E-state index in [0.717, 1.165) is 31.2 Å². The summed E-state index contributed by atoms with van der Waals surface area (Å²) in [5.74, 6) is 0. The van der Waals surface area contributed by atoms with Gasteiger partial charge in [0.1, 0.15) is 0 Å². The van der Waals surface area contributed by atoms with E-state index in [0.29, 0.717) is 0 Å². The fourth-order valence-corrected chi connectivity index (χ4v) is 2.48. The third kappa shape index (κ3) is 2.38. The molecule has 3 rings (SSSR count). The zero-order chi connectivity index (χ0) is 11.7. The summed E-state index contributed by atoms with van der Waals surface area (Å²) >= 11 is 5.89. The van der Waals surface area contributed by atoms with Crippen molar-refractivity contribution in [2.24, 2.45) is 0 Å². The number of nitrogens with zero attached hydrogens (tertiary/aromatic N) is 2. The lowest BCUT2D eigenvalue weighted by Gasteiger charge is -2.28. The van der Waals surface area contributed by atoms with Crippen LogP contribution in [0.3, 0.4) is 0 Å². The summed E-state index contributed by atoms with van der Waals surface area (Å²) < 4.78 is 2.33. The molecule has 0 aliphatic carbocycles. The van der Waals surface area contributed by atoms with Crippen LogP contribution in [0.5, 0.6) is 0 Å². The molecule has 2 aromatic rings. The molecule has 2 nitrogen and oxygen atoms in total. The molecule has 0 saturated carbocycles. The van der Waals surface area contributed by atoms with Crippen molar-refractivity contribution in [3.05, 3.63) is 58.9 Å². The first-order valence-electron chi connectivity index (χ1n) is 5.92. The zero-order valence-corrected chi connectivity index (χ0v) is 10.4. The van der Waals surface area contributed by atoms with Crippen molar-refractivity contribution < 1.29 is 0 Å². The summed E-state index contributed by atoms with van der Waals surface area (Å²) in [6.45, 7) is 4.25. The lowest BCUT2D eigenvalue weighted by molar-refractivity contribution is 0.213. The van der Waals surface area contributed by atoms with Gasteiger partial charge in [0, 0.05) is 43.1 Å². The van der Waals surface area contributed by atoms with Gasteiger partial charge in [0.15, 0.2) is 0 Å². The van der Waals surface area contributed by atoms with Crippen LogP contribution in [0.1, 0.15) is 11.3 Å². The Morgan fingerprint density at radius 3 is 2.71 bits per heavy atom. The van der Waals surface area contributed by atoms with Gasteiger partial charge in [-0.1, -0.05) is 23.7 Å². The molecule has 0 N–H and O–H groups in total. The molecule has 1 aliphatic rings. The average Bonchev–Trinajstić information content (AvgIpc) is 2.79. The highest BCUT2D eigenvalue weighted by Gasteiger charge is 2.14. The third-order valence-corrected chi connectivity index (χ3v) is 3.54. The second-order valence-electron chi connectivity index (χ2n) is 4.53. The molecule has 3 heteroatoms. The zero-order valence-electron chi connectivity index (χ0n) is 9.64. The molecule has 0 atom stereocenters. The fourth-order valence-electron chi connectivity index (χ4n) is 2.35. The molecule has 88 valence electrons. The number of hydrogen-bond donors (Lipinski definition) is 0. The van der Waals surface area contributed by atoms with Crippen LogP contribution >= 0.6 is 11.6 Å². The summed E-state index contributed by atoms with van der Waals surface area (Å²) in [5.41, 5.74) is 2.74.